The Labute approximate surface area is 423 Å². The number of piperidine rings is 3. The third kappa shape index (κ3) is 8.90. The van der Waals surface area contributed by atoms with E-state index in [9.17, 15) is 19.5 Å². The first-order valence-corrected chi connectivity index (χ1v) is 26.0. The highest BCUT2D eigenvalue weighted by Gasteiger charge is 2.51. The molecular formula is C55H63F2N9O7. The van der Waals surface area contributed by atoms with Crippen LogP contribution in [0, 0.1) is 22.5 Å². The molecule has 1 spiro atoms. The van der Waals surface area contributed by atoms with Gasteiger partial charge in [0.05, 0.1) is 17.6 Å². The molecule has 16 nitrogen and oxygen atoms in total. The van der Waals surface area contributed by atoms with Crippen LogP contribution in [0.3, 0.4) is 0 Å². The van der Waals surface area contributed by atoms with Gasteiger partial charge in [-0.3, -0.25) is 29.6 Å². The van der Waals surface area contributed by atoms with Gasteiger partial charge in [0.15, 0.2) is 12.6 Å². The highest BCUT2D eigenvalue weighted by Crippen LogP contribution is 2.49. The highest BCUT2D eigenvalue weighted by molar-refractivity contribution is 6.06. The molecule has 3 amide bonds. The lowest BCUT2D eigenvalue weighted by molar-refractivity contribution is -0.136. The van der Waals surface area contributed by atoms with E-state index in [0.29, 0.717) is 101 Å². The standard InChI is InChI=1S/C55H63F2N9O7/c1-4-38-42(56)9-6-33-21-37(73-32-71-3)22-40(45(33)38)47-46(57)48-41(23-58-47)49(63-17-5-12-53(2,70)27-63)61-52(60-48)72-31-55(13-14-55)28-62-18-15-54(16-19-62)29-65(30-54)36-25-64(26-36)35-7-8-39-34(20-35)24-66(51(39)69)43-10-11-44(67)59-50(43)68/h6-9,20-23,36,43,70H,4-5,10-19,24-32H2,1-3H3,(H,59,67,68)/t43?,53-/m1/s1. The Morgan fingerprint density at radius 2 is 1.71 bits per heavy atom. The molecule has 8 heterocycles. The molecule has 1 aliphatic carbocycles. The number of aromatic nitrogens is 3. The topological polar surface area (TPSA) is 166 Å². The minimum Gasteiger partial charge on any atom is -0.468 e. The number of likely N-dealkylation sites (tertiary alicyclic amines) is 2. The van der Waals surface area contributed by atoms with Gasteiger partial charge in [0.2, 0.25) is 11.8 Å². The zero-order valence-corrected chi connectivity index (χ0v) is 41.9. The second-order valence-electron chi connectivity index (χ2n) is 22.3. The number of benzene rings is 3. The number of aliphatic hydroxyl groups is 1. The van der Waals surface area contributed by atoms with Crippen LogP contribution >= 0.6 is 0 Å². The lowest BCUT2D eigenvalue weighted by Gasteiger charge is -2.60. The minimum atomic E-state index is -0.965. The van der Waals surface area contributed by atoms with Crippen molar-refractivity contribution in [3.8, 4) is 23.0 Å². The van der Waals surface area contributed by atoms with Gasteiger partial charge in [-0.1, -0.05) is 13.0 Å². The molecule has 384 valence electrons. The number of fused-ring (bicyclic) bond motifs is 3. The van der Waals surface area contributed by atoms with E-state index in [1.165, 1.54) is 13.2 Å². The molecule has 6 aliphatic heterocycles. The van der Waals surface area contributed by atoms with Crippen molar-refractivity contribution in [3.05, 3.63) is 77.0 Å². The SMILES string of the molecule is CCc1c(F)ccc2cc(OCOC)cc(-c3ncc4c(N5CCC[C@@](C)(O)C5)nc(OCC5(CN6CCC7(CC6)CN(C6CN(c8ccc9c(c8)CN(C8CCC(=O)NC8=O)C9=O)C6)C7)CC5)nc4c3F)c12. The number of carbonyl (C=O) groups is 3. The number of β-amino-alcohol motifs (C(OH)–C–C–N with tert-alkyl or cyclic N) is 1. The average molecular weight is 1000 g/mol. The van der Waals surface area contributed by atoms with Crippen LogP contribution in [0.1, 0.15) is 86.7 Å². The van der Waals surface area contributed by atoms with E-state index in [4.69, 9.17) is 24.2 Å². The molecule has 2 N–H and O–H groups in total. The summed E-state index contributed by atoms with van der Waals surface area (Å²) in [7, 11) is 1.52. The number of halogens is 2. The molecule has 0 radical (unpaired) electrons. The van der Waals surface area contributed by atoms with Gasteiger partial charge in [-0.05, 0) is 135 Å². The smallest absolute Gasteiger partial charge is 0.319 e. The zero-order valence-electron chi connectivity index (χ0n) is 41.9. The Bertz CT molecular complexity index is 3040. The quantitative estimate of drug-likeness (QED) is 0.0951. The van der Waals surface area contributed by atoms with Crippen LogP contribution in [0.2, 0.25) is 0 Å². The van der Waals surface area contributed by atoms with Crippen molar-refractivity contribution in [1.29, 1.82) is 0 Å². The predicted octanol–water partition coefficient (Wildman–Crippen LogP) is 6.23. The summed E-state index contributed by atoms with van der Waals surface area (Å²) in [6, 6.07) is 12.5. The number of imide groups is 1. The molecule has 5 aromatic rings. The monoisotopic (exact) mass is 999 g/mol. The number of methoxy groups -OCH3 is 1. The first kappa shape index (κ1) is 47.9. The summed E-state index contributed by atoms with van der Waals surface area (Å²) >= 11 is 0. The van der Waals surface area contributed by atoms with Gasteiger partial charge in [-0.25, -0.2) is 8.78 Å². The molecule has 1 unspecified atom stereocenters. The molecule has 1 saturated carbocycles. The van der Waals surface area contributed by atoms with E-state index in [1.807, 2.05) is 24.0 Å². The van der Waals surface area contributed by atoms with E-state index in [-0.39, 0.29) is 53.5 Å². The first-order valence-electron chi connectivity index (χ1n) is 26.0. The lowest BCUT2D eigenvalue weighted by Crippen LogP contribution is -2.70. The fourth-order valence-electron chi connectivity index (χ4n) is 12.6. The number of nitrogens with zero attached hydrogens (tertiary/aromatic N) is 8. The second kappa shape index (κ2) is 18.4. The number of nitrogens with one attached hydrogen (secondary N) is 1. The van der Waals surface area contributed by atoms with Crippen LogP contribution in [0.15, 0.2) is 48.7 Å². The Kier molecular flexibility index (Phi) is 12.1. The fourth-order valence-corrected chi connectivity index (χ4v) is 12.6. The van der Waals surface area contributed by atoms with Crippen molar-refractivity contribution in [3.63, 3.8) is 0 Å². The van der Waals surface area contributed by atoms with Crippen LogP contribution in [0.25, 0.3) is 32.9 Å². The van der Waals surface area contributed by atoms with Crippen LogP contribution in [0.4, 0.5) is 20.3 Å². The molecule has 5 saturated heterocycles. The third-order valence-electron chi connectivity index (χ3n) is 17.0. The number of pyridine rings is 1. The second-order valence-corrected chi connectivity index (χ2v) is 22.3. The third-order valence-corrected chi connectivity index (χ3v) is 17.0. The molecule has 0 bridgehead atoms. The molecule has 3 aromatic carbocycles. The Morgan fingerprint density at radius 1 is 0.904 bits per heavy atom. The average Bonchev–Trinajstić information content (AvgIpc) is 4.04. The zero-order chi connectivity index (χ0) is 50.4. The largest absolute Gasteiger partial charge is 0.468 e. The first-order chi connectivity index (χ1) is 35.2. The number of carbonyl (C=O) groups excluding carboxylic acids is 3. The molecule has 6 fully saturated rings. The summed E-state index contributed by atoms with van der Waals surface area (Å²) < 4.78 is 50.3. The molecule has 18 heteroatoms. The molecule has 2 atom stereocenters. The van der Waals surface area contributed by atoms with E-state index >= 15 is 8.78 Å². The van der Waals surface area contributed by atoms with Crippen LogP contribution in [0.5, 0.6) is 11.8 Å². The summed E-state index contributed by atoms with van der Waals surface area (Å²) in [5.41, 5.74) is 2.84. The van der Waals surface area contributed by atoms with Crippen LogP contribution in [-0.4, -0.2) is 150 Å². The Balaban J connectivity index is 0.697. The van der Waals surface area contributed by atoms with E-state index in [0.717, 1.165) is 89.2 Å². The molecular weight excluding hydrogens is 937 g/mol. The summed E-state index contributed by atoms with van der Waals surface area (Å²) in [5, 5.41) is 15.2. The van der Waals surface area contributed by atoms with Crippen molar-refractivity contribution in [1.82, 2.24) is 35.0 Å². The van der Waals surface area contributed by atoms with Crippen molar-refractivity contribution in [2.75, 3.05) is 89.2 Å². The predicted molar refractivity (Wildman–Crippen MR) is 269 cm³/mol. The summed E-state index contributed by atoms with van der Waals surface area (Å²) in [4.78, 5) is 63.0. The maximum Gasteiger partial charge on any atom is 0.319 e. The maximum absolute atomic E-state index is 17.4. The van der Waals surface area contributed by atoms with Gasteiger partial charge in [0, 0.05) is 100 Å². The van der Waals surface area contributed by atoms with Gasteiger partial charge in [0.25, 0.3) is 5.91 Å². The normalized spacial score (nSPS) is 24.0. The number of anilines is 2. The molecule has 73 heavy (non-hydrogen) atoms. The Morgan fingerprint density at radius 3 is 2.45 bits per heavy atom. The molecule has 12 rings (SSSR count). The number of ether oxygens (including phenoxy) is 3. The Hall–Kier alpha value is -6.08. The number of hydrogen-bond donors (Lipinski definition) is 2. The van der Waals surface area contributed by atoms with Gasteiger partial charge in [-0.15, -0.1) is 0 Å². The lowest BCUT2D eigenvalue weighted by atomic mass is 9.70. The number of rotatable bonds is 14. The molecule has 2 aromatic heterocycles. The van der Waals surface area contributed by atoms with Crippen molar-refractivity contribution in [2.45, 2.75) is 95.9 Å². The van der Waals surface area contributed by atoms with E-state index in [1.54, 1.807) is 36.2 Å². The van der Waals surface area contributed by atoms with Crippen molar-refractivity contribution < 1.29 is 42.5 Å². The van der Waals surface area contributed by atoms with Crippen molar-refractivity contribution >= 4 is 50.9 Å². The number of amides is 3. The summed E-state index contributed by atoms with van der Waals surface area (Å²) in [5.74, 6) is -1.01. The van der Waals surface area contributed by atoms with E-state index in [2.05, 4.69) is 31.1 Å². The van der Waals surface area contributed by atoms with Crippen molar-refractivity contribution in [2.24, 2.45) is 10.8 Å². The van der Waals surface area contributed by atoms with Gasteiger partial charge in [-0.2, -0.15) is 9.97 Å². The molecule has 7 aliphatic rings. The van der Waals surface area contributed by atoms with Gasteiger partial charge >= 0.3 is 6.01 Å². The summed E-state index contributed by atoms with van der Waals surface area (Å²) in [6.07, 6.45) is 8.23. The van der Waals surface area contributed by atoms with E-state index < -0.39 is 23.4 Å². The van der Waals surface area contributed by atoms with Crippen LogP contribution in [-0.2, 0) is 27.3 Å². The number of aryl methyl sites for hydroxylation is 1. The highest BCUT2D eigenvalue weighted by atomic mass is 19.1. The van der Waals surface area contributed by atoms with Gasteiger partial charge in [0.1, 0.15) is 34.6 Å². The fraction of sp³-hybridized carbons (Fsp3) is 0.527. The van der Waals surface area contributed by atoms with Gasteiger partial charge < -0.3 is 38.9 Å². The maximum atomic E-state index is 17.4. The minimum absolute atomic E-state index is 0.00472. The van der Waals surface area contributed by atoms with Crippen LogP contribution < -0.4 is 24.6 Å². The summed E-state index contributed by atoms with van der Waals surface area (Å²) in [6.45, 7) is 12.4. The number of hydrogen-bond acceptors (Lipinski definition) is 14.